The number of hydrogen-bond acceptors (Lipinski definition) is 4. The normalized spacial score (nSPS) is 16.3. The molecule has 0 saturated carbocycles. The van der Waals surface area contributed by atoms with Crippen LogP contribution in [-0.4, -0.2) is 17.3 Å². The lowest BCUT2D eigenvalue weighted by Gasteiger charge is -2.14. The molecular weight excluding hydrogens is 326 g/mol. The first-order chi connectivity index (χ1) is 11.1. The molecule has 0 bridgehead atoms. The summed E-state index contributed by atoms with van der Waals surface area (Å²) in [6.07, 6.45) is 1.85. The minimum Gasteiger partial charge on any atom is -0.497 e. The van der Waals surface area contributed by atoms with E-state index in [4.69, 9.17) is 17.0 Å². The molecule has 0 unspecified atom stereocenters. The van der Waals surface area contributed by atoms with Gasteiger partial charge >= 0.3 is 0 Å². The average molecular weight is 341 g/mol. The second kappa shape index (κ2) is 6.56. The van der Waals surface area contributed by atoms with E-state index in [0.717, 1.165) is 22.6 Å². The van der Waals surface area contributed by atoms with Crippen LogP contribution in [0.2, 0.25) is 0 Å². The van der Waals surface area contributed by atoms with E-state index >= 15 is 0 Å². The number of methoxy groups -OCH3 is 1. The molecule has 1 aliphatic rings. The van der Waals surface area contributed by atoms with Crippen LogP contribution in [0.15, 0.2) is 53.4 Å². The van der Waals surface area contributed by atoms with Gasteiger partial charge in [0.05, 0.1) is 17.7 Å². The minimum absolute atomic E-state index is 0.0836. The van der Waals surface area contributed by atoms with Crippen LogP contribution in [0.25, 0.3) is 6.08 Å². The van der Waals surface area contributed by atoms with Crippen molar-refractivity contribution in [2.75, 3.05) is 12.0 Å². The van der Waals surface area contributed by atoms with E-state index in [0.29, 0.717) is 9.23 Å². The molecule has 0 N–H and O–H groups in total. The standard InChI is InChI=1S/C18H15NO2S2/c1-12-3-7-14(8-4-12)19-17(20)16(23-18(19)22)11-13-5-9-15(21-2)10-6-13/h3-11H,1-2H3/b16-11+. The van der Waals surface area contributed by atoms with E-state index in [1.54, 1.807) is 12.0 Å². The van der Waals surface area contributed by atoms with Gasteiger partial charge in [-0.3, -0.25) is 9.69 Å². The largest absolute Gasteiger partial charge is 0.497 e. The van der Waals surface area contributed by atoms with E-state index < -0.39 is 0 Å². The van der Waals surface area contributed by atoms with Crippen LogP contribution in [0.5, 0.6) is 5.75 Å². The number of hydrogen-bond donors (Lipinski definition) is 0. The topological polar surface area (TPSA) is 29.5 Å². The van der Waals surface area contributed by atoms with Crippen molar-refractivity contribution in [2.24, 2.45) is 0 Å². The Balaban J connectivity index is 1.88. The molecule has 1 amide bonds. The van der Waals surface area contributed by atoms with Crippen LogP contribution in [0, 0.1) is 6.92 Å². The first-order valence-electron chi connectivity index (χ1n) is 7.07. The van der Waals surface area contributed by atoms with Crippen molar-refractivity contribution in [2.45, 2.75) is 6.92 Å². The van der Waals surface area contributed by atoms with Crippen LogP contribution in [0.4, 0.5) is 5.69 Å². The van der Waals surface area contributed by atoms with Crippen LogP contribution in [0.1, 0.15) is 11.1 Å². The Kier molecular flexibility index (Phi) is 4.50. The number of carbonyl (C=O) groups excluding carboxylic acids is 1. The fourth-order valence-electron chi connectivity index (χ4n) is 2.24. The number of amides is 1. The van der Waals surface area contributed by atoms with Gasteiger partial charge < -0.3 is 4.74 Å². The number of aryl methyl sites for hydroxylation is 1. The van der Waals surface area contributed by atoms with Crippen molar-refractivity contribution in [1.29, 1.82) is 0 Å². The Morgan fingerprint density at radius 2 is 1.74 bits per heavy atom. The van der Waals surface area contributed by atoms with Crippen molar-refractivity contribution in [1.82, 2.24) is 0 Å². The predicted octanol–water partition coefficient (Wildman–Crippen LogP) is 4.41. The lowest BCUT2D eigenvalue weighted by atomic mass is 10.2. The first kappa shape index (κ1) is 15.8. The van der Waals surface area contributed by atoms with Gasteiger partial charge in [0.1, 0.15) is 5.75 Å². The lowest BCUT2D eigenvalue weighted by molar-refractivity contribution is -0.113. The molecule has 1 heterocycles. The second-order valence-electron chi connectivity index (χ2n) is 5.13. The van der Waals surface area contributed by atoms with Gasteiger partial charge in [-0.05, 0) is 42.8 Å². The van der Waals surface area contributed by atoms with Crippen molar-refractivity contribution >= 4 is 46.0 Å². The summed E-state index contributed by atoms with van der Waals surface area (Å²) < 4.78 is 5.69. The first-order valence-corrected chi connectivity index (χ1v) is 8.29. The summed E-state index contributed by atoms with van der Waals surface area (Å²) in [4.78, 5) is 14.9. The highest BCUT2D eigenvalue weighted by Gasteiger charge is 2.33. The van der Waals surface area contributed by atoms with Crippen LogP contribution < -0.4 is 9.64 Å². The molecule has 23 heavy (non-hydrogen) atoms. The third-order valence-corrected chi connectivity index (χ3v) is 4.80. The van der Waals surface area contributed by atoms with Gasteiger partial charge in [-0.1, -0.05) is 53.8 Å². The molecule has 1 aliphatic heterocycles. The summed E-state index contributed by atoms with van der Waals surface area (Å²) >= 11 is 6.70. The van der Waals surface area contributed by atoms with Gasteiger partial charge in [0.25, 0.3) is 5.91 Å². The summed E-state index contributed by atoms with van der Waals surface area (Å²) in [5.74, 6) is 0.703. The summed E-state index contributed by atoms with van der Waals surface area (Å²) in [6.45, 7) is 2.01. The summed E-state index contributed by atoms with van der Waals surface area (Å²) in [6, 6.07) is 15.3. The highest BCUT2D eigenvalue weighted by Crippen LogP contribution is 2.36. The molecule has 5 heteroatoms. The lowest BCUT2D eigenvalue weighted by Crippen LogP contribution is -2.27. The zero-order chi connectivity index (χ0) is 16.4. The molecule has 3 nitrogen and oxygen atoms in total. The fraction of sp³-hybridized carbons (Fsp3) is 0.111. The molecular formula is C18H15NO2S2. The van der Waals surface area contributed by atoms with Crippen LogP contribution in [-0.2, 0) is 4.79 Å². The molecule has 0 aliphatic carbocycles. The number of thiocarbonyl (C=S) groups is 1. The van der Waals surface area contributed by atoms with Gasteiger partial charge in [-0.15, -0.1) is 0 Å². The molecule has 3 rings (SSSR count). The van der Waals surface area contributed by atoms with Gasteiger partial charge in [0.2, 0.25) is 0 Å². The maximum absolute atomic E-state index is 12.7. The Bertz CT molecular complexity index is 780. The maximum atomic E-state index is 12.7. The SMILES string of the molecule is COc1ccc(/C=C2/SC(=S)N(c3ccc(C)cc3)C2=O)cc1. The van der Waals surface area contributed by atoms with Crippen molar-refractivity contribution in [3.05, 3.63) is 64.6 Å². The van der Waals surface area contributed by atoms with E-state index in [2.05, 4.69) is 0 Å². The molecule has 2 aromatic rings. The monoisotopic (exact) mass is 341 g/mol. The van der Waals surface area contributed by atoms with Gasteiger partial charge in [-0.25, -0.2) is 0 Å². The quantitative estimate of drug-likeness (QED) is 0.611. The van der Waals surface area contributed by atoms with Crippen molar-refractivity contribution in [3.8, 4) is 5.75 Å². The molecule has 0 atom stereocenters. The third-order valence-electron chi connectivity index (χ3n) is 3.50. The molecule has 116 valence electrons. The predicted molar refractivity (Wildman–Crippen MR) is 99.8 cm³/mol. The maximum Gasteiger partial charge on any atom is 0.270 e. The minimum atomic E-state index is -0.0836. The van der Waals surface area contributed by atoms with Gasteiger partial charge in [-0.2, -0.15) is 0 Å². The zero-order valence-electron chi connectivity index (χ0n) is 12.8. The van der Waals surface area contributed by atoms with E-state index in [9.17, 15) is 4.79 Å². The smallest absolute Gasteiger partial charge is 0.270 e. The molecule has 0 radical (unpaired) electrons. The fourth-order valence-corrected chi connectivity index (χ4v) is 3.53. The second-order valence-corrected chi connectivity index (χ2v) is 6.80. The Morgan fingerprint density at radius 3 is 2.35 bits per heavy atom. The number of rotatable bonds is 3. The van der Waals surface area contributed by atoms with Crippen molar-refractivity contribution in [3.63, 3.8) is 0 Å². The number of nitrogens with zero attached hydrogens (tertiary/aromatic N) is 1. The number of ether oxygens (including phenoxy) is 1. The molecule has 1 fully saturated rings. The molecule has 2 aromatic carbocycles. The average Bonchev–Trinajstić information content (AvgIpc) is 2.83. The zero-order valence-corrected chi connectivity index (χ0v) is 14.4. The van der Waals surface area contributed by atoms with Gasteiger partial charge in [0.15, 0.2) is 4.32 Å². The highest BCUT2D eigenvalue weighted by molar-refractivity contribution is 8.27. The number of thioether (sulfide) groups is 1. The molecule has 0 spiro atoms. The van der Waals surface area contributed by atoms with E-state index in [1.165, 1.54) is 11.8 Å². The summed E-state index contributed by atoms with van der Waals surface area (Å²) in [5, 5.41) is 0. The third kappa shape index (κ3) is 3.30. The number of benzene rings is 2. The molecule has 0 aromatic heterocycles. The summed E-state index contributed by atoms with van der Waals surface area (Å²) in [7, 11) is 1.63. The number of anilines is 1. The van der Waals surface area contributed by atoms with Crippen molar-refractivity contribution < 1.29 is 9.53 Å². The Labute approximate surface area is 144 Å². The van der Waals surface area contributed by atoms with Gasteiger partial charge in [0, 0.05) is 0 Å². The van der Waals surface area contributed by atoms with Crippen LogP contribution >= 0.6 is 24.0 Å². The Morgan fingerprint density at radius 1 is 1.09 bits per heavy atom. The summed E-state index contributed by atoms with van der Waals surface area (Å²) in [5.41, 5.74) is 2.89. The van der Waals surface area contributed by atoms with E-state index in [-0.39, 0.29) is 5.91 Å². The molecule has 1 saturated heterocycles. The van der Waals surface area contributed by atoms with Crippen LogP contribution in [0.3, 0.4) is 0 Å². The van der Waals surface area contributed by atoms with E-state index in [1.807, 2.05) is 61.5 Å². The number of carbonyl (C=O) groups is 1. The Hall–Kier alpha value is -2.11. The highest BCUT2D eigenvalue weighted by atomic mass is 32.2.